The third kappa shape index (κ3) is 3.84. The SMILES string of the molecule is CCOc1ccccc1N1CCN(C(=O)CC(C)C)C(C)C1=O. The van der Waals surface area contributed by atoms with Crippen molar-refractivity contribution in [3.8, 4) is 5.75 Å². The Hall–Kier alpha value is -2.04. The van der Waals surface area contributed by atoms with Crippen molar-refractivity contribution in [1.29, 1.82) is 0 Å². The van der Waals surface area contributed by atoms with E-state index in [1.807, 2.05) is 45.0 Å². The second-order valence-corrected chi connectivity index (χ2v) is 6.25. The van der Waals surface area contributed by atoms with Gasteiger partial charge in [-0.25, -0.2) is 0 Å². The third-order valence-corrected chi connectivity index (χ3v) is 4.01. The van der Waals surface area contributed by atoms with Gasteiger partial charge in [-0.1, -0.05) is 26.0 Å². The Morgan fingerprint density at radius 2 is 2.00 bits per heavy atom. The molecule has 0 saturated carbocycles. The van der Waals surface area contributed by atoms with Crippen molar-refractivity contribution in [2.24, 2.45) is 5.92 Å². The fourth-order valence-electron chi connectivity index (χ4n) is 2.87. The zero-order valence-electron chi connectivity index (χ0n) is 14.4. The Morgan fingerprint density at radius 1 is 1.30 bits per heavy atom. The van der Waals surface area contributed by atoms with Gasteiger partial charge in [0.1, 0.15) is 11.8 Å². The predicted octanol–water partition coefficient (Wildman–Crippen LogP) is 2.70. The van der Waals surface area contributed by atoms with Gasteiger partial charge in [0.15, 0.2) is 0 Å². The number of para-hydroxylation sites is 2. The number of carbonyl (C=O) groups excluding carboxylic acids is 2. The van der Waals surface area contributed by atoms with E-state index in [9.17, 15) is 9.59 Å². The molecule has 5 nitrogen and oxygen atoms in total. The van der Waals surface area contributed by atoms with E-state index < -0.39 is 6.04 Å². The van der Waals surface area contributed by atoms with Gasteiger partial charge in [0.25, 0.3) is 0 Å². The van der Waals surface area contributed by atoms with Crippen LogP contribution in [-0.2, 0) is 9.59 Å². The van der Waals surface area contributed by atoms with Gasteiger partial charge in [0, 0.05) is 19.5 Å². The number of nitrogens with zero attached hydrogens (tertiary/aromatic N) is 2. The van der Waals surface area contributed by atoms with Gasteiger partial charge in [-0.15, -0.1) is 0 Å². The van der Waals surface area contributed by atoms with Crippen LogP contribution in [-0.4, -0.2) is 42.5 Å². The summed E-state index contributed by atoms with van der Waals surface area (Å²) in [5.41, 5.74) is 0.780. The Balaban J connectivity index is 2.17. The molecule has 1 aliphatic heterocycles. The first-order chi connectivity index (χ1) is 11.0. The summed E-state index contributed by atoms with van der Waals surface area (Å²) >= 11 is 0. The molecule has 1 aromatic rings. The number of piperazine rings is 1. The topological polar surface area (TPSA) is 49.9 Å². The number of carbonyl (C=O) groups is 2. The molecule has 0 bridgehead atoms. The molecule has 0 aromatic heterocycles. The zero-order valence-corrected chi connectivity index (χ0v) is 14.4. The van der Waals surface area contributed by atoms with Crippen LogP contribution in [0.3, 0.4) is 0 Å². The fraction of sp³-hybridized carbons (Fsp3) is 0.556. The molecule has 0 spiro atoms. The van der Waals surface area contributed by atoms with Crippen molar-refractivity contribution in [2.75, 3.05) is 24.6 Å². The lowest BCUT2D eigenvalue weighted by Crippen LogP contribution is -2.58. The quantitative estimate of drug-likeness (QED) is 0.839. The minimum absolute atomic E-state index is 0.0543. The van der Waals surface area contributed by atoms with Crippen LogP contribution in [0.4, 0.5) is 5.69 Å². The lowest BCUT2D eigenvalue weighted by molar-refractivity contribution is -0.141. The largest absolute Gasteiger partial charge is 0.492 e. The van der Waals surface area contributed by atoms with Crippen LogP contribution < -0.4 is 9.64 Å². The van der Waals surface area contributed by atoms with Crippen molar-refractivity contribution in [3.05, 3.63) is 24.3 Å². The summed E-state index contributed by atoms with van der Waals surface area (Å²) in [7, 11) is 0. The Labute approximate surface area is 138 Å². The number of hydrogen-bond donors (Lipinski definition) is 0. The second-order valence-electron chi connectivity index (χ2n) is 6.25. The number of hydrogen-bond acceptors (Lipinski definition) is 3. The summed E-state index contributed by atoms with van der Waals surface area (Å²) in [6.45, 7) is 9.35. The lowest BCUT2D eigenvalue weighted by atomic mass is 10.1. The number of anilines is 1. The van der Waals surface area contributed by atoms with E-state index in [1.165, 1.54) is 0 Å². The molecule has 1 heterocycles. The van der Waals surface area contributed by atoms with Crippen LogP contribution in [0.1, 0.15) is 34.1 Å². The van der Waals surface area contributed by atoms with Gasteiger partial charge in [-0.2, -0.15) is 0 Å². The maximum Gasteiger partial charge on any atom is 0.249 e. The molecular formula is C18H26N2O3. The monoisotopic (exact) mass is 318 g/mol. The van der Waals surface area contributed by atoms with Gasteiger partial charge in [0.2, 0.25) is 11.8 Å². The fourth-order valence-corrected chi connectivity index (χ4v) is 2.87. The number of benzene rings is 1. The van der Waals surface area contributed by atoms with Gasteiger partial charge < -0.3 is 14.5 Å². The molecule has 2 rings (SSSR count). The summed E-state index contributed by atoms with van der Waals surface area (Å²) in [6.07, 6.45) is 0.479. The standard InChI is InChI=1S/C18H26N2O3/c1-5-23-16-9-7-6-8-15(16)20-11-10-19(14(4)18(20)22)17(21)12-13(2)3/h6-9,13-14H,5,10-12H2,1-4H3. The molecule has 1 atom stereocenters. The molecule has 0 radical (unpaired) electrons. The Bertz CT molecular complexity index is 571. The Morgan fingerprint density at radius 3 is 2.65 bits per heavy atom. The molecule has 1 saturated heterocycles. The van der Waals surface area contributed by atoms with Crippen LogP contribution in [0, 0.1) is 5.92 Å². The lowest BCUT2D eigenvalue weighted by Gasteiger charge is -2.39. The predicted molar refractivity (Wildman–Crippen MR) is 90.6 cm³/mol. The smallest absolute Gasteiger partial charge is 0.249 e. The van der Waals surface area contributed by atoms with Gasteiger partial charge in [-0.3, -0.25) is 9.59 Å². The van der Waals surface area contributed by atoms with Crippen LogP contribution in [0.2, 0.25) is 0 Å². The molecule has 1 aromatic carbocycles. The maximum absolute atomic E-state index is 12.8. The maximum atomic E-state index is 12.8. The average Bonchev–Trinajstić information content (AvgIpc) is 2.50. The third-order valence-electron chi connectivity index (χ3n) is 4.01. The molecule has 1 unspecified atom stereocenters. The molecular weight excluding hydrogens is 292 g/mol. The van der Waals surface area contributed by atoms with E-state index in [0.29, 0.717) is 37.8 Å². The minimum Gasteiger partial charge on any atom is -0.492 e. The highest BCUT2D eigenvalue weighted by molar-refractivity contribution is 6.01. The average molecular weight is 318 g/mol. The van der Waals surface area contributed by atoms with E-state index in [1.54, 1.807) is 16.7 Å². The van der Waals surface area contributed by atoms with E-state index in [4.69, 9.17) is 4.74 Å². The first-order valence-electron chi connectivity index (χ1n) is 8.28. The number of ether oxygens (including phenoxy) is 1. The van der Waals surface area contributed by atoms with Gasteiger partial charge in [-0.05, 0) is 31.9 Å². The first kappa shape index (κ1) is 17.3. The van der Waals surface area contributed by atoms with Gasteiger partial charge >= 0.3 is 0 Å². The summed E-state index contributed by atoms with van der Waals surface area (Å²) < 4.78 is 5.63. The number of rotatable bonds is 5. The van der Waals surface area contributed by atoms with Crippen molar-refractivity contribution >= 4 is 17.5 Å². The van der Waals surface area contributed by atoms with E-state index >= 15 is 0 Å². The summed E-state index contributed by atoms with van der Waals surface area (Å²) in [4.78, 5) is 28.5. The molecule has 5 heteroatoms. The van der Waals surface area contributed by atoms with Crippen LogP contribution in [0.15, 0.2) is 24.3 Å². The summed E-state index contributed by atoms with van der Waals surface area (Å²) in [6, 6.07) is 7.11. The van der Waals surface area contributed by atoms with Crippen LogP contribution >= 0.6 is 0 Å². The zero-order chi connectivity index (χ0) is 17.0. The molecule has 0 N–H and O–H groups in total. The first-order valence-corrected chi connectivity index (χ1v) is 8.28. The van der Waals surface area contributed by atoms with E-state index in [0.717, 1.165) is 5.69 Å². The highest BCUT2D eigenvalue weighted by atomic mass is 16.5. The molecule has 23 heavy (non-hydrogen) atoms. The highest BCUT2D eigenvalue weighted by Crippen LogP contribution is 2.30. The van der Waals surface area contributed by atoms with Crippen molar-refractivity contribution in [2.45, 2.75) is 40.2 Å². The van der Waals surface area contributed by atoms with Gasteiger partial charge in [0.05, 0.1) is 12.3 Å². The number of amides is 2. The molecule has 1 fully saturated rings. The Kier molecular flexibility index (Phi) is 5.64. The van der Waals surface area contributed by atoms with E-state index in [-0.39, 0.29) is 11.8 Å². The van der Waals surface area contributed by atoms with E-state index in [2.05, 4.69) is 0 Å². The molecule has 0 aliphatic carbocycles. The summed E-state index contributed by atoms with van der Waals surface area (Å²) in [5.74, 6) is 0.998. The molecule has 1 aliphatic rings. The van der Waals surface area contributed by atoms with Crippen molar-refractivity contribution < 1.29 is 14.3 Å². The molecule has 126 valence electrons. The normalized spacial score (nSPS) is 18.5. The second kappa shape index (κ2) is 7.49. The van der Waals surface area contributed by atoms with Crippen LogP contribution in [0.5, 0.6) is 5.75 Å². The van der Waals surface area contributed by atoms with Crippen molar-refractivity contribution in [3.63, 3.8) is 0 Å². The van der Waals surface area contributed by atoms with Crippen LogP contribution in [0.25, 0.3) is 0 Å². The summed E-state index contributed by atoms with van der Waals surface area (Å²) in [5, 5.41) is 0. The minimum atomic E-state index is -0.440. The van der Waals surface area contributed by atoms with Crippen molar-refractivity contribution in [1.82, 2.24) is 4.90 Å². The molecule has 2 amide bonds. The highest BCUT2D eigenvalue weighted by Gasteiger charge is 2.35.